The summed E-state index contributed by atoms with van der Waals surface area (Å²) in [5, 5.41) is 0. The predicted octanol–water partition coefficient (Wildman–Crippen LogP) is 5.74. The minimum Gasteiger partial charge on any atom is -0.330 e. The van der Waals surface area contributed by atoms with Gasteiger partial charge >= 0.3 is 6.18 Å². The Bertz CT molecular complexity index is 1060. The van der Waals surface area contributed by atoms with Crippen molar-refractivity contribution in [1.29, 1.82) is 0 Å². The van der Waals surface area contributed by atoms with Gasteiger partial charge in [0.05, 0.1) is 22.3 Å². The normalized spacial score (nSPS) is 21.7. The van der Waals surface area contributed by atoms with Crippen LogP contribution in [0.5, 0.6) is 0 Å². The fourth-order valence-corrected chi connectivity index (χ4v) is 5.66. The number of fused-ring (bicyclic) bond motifs is 2. The number of hydrogen-bond acceptors (Lipinski definition) is 3. The molecule has 1 fully saturated rings. The van der Waals surface area contributed by atoms with Crippen LogP contribution in [0.2, 0.25) is 0 Å². The summed E-state index contributed by atoms with van der Waals surface area (Å²) in [7, 11) is 0. The first-order valence-electron chi connectivity index (χ1n) is 9.56. The van der Waals surface area contributed by atoms with E-state index in [1.165, 1.54) is 23.9 Å². The van der Waals surface area contributed by atoms with Gasteiger partial charge in [0.1, 0.15) is 5.82 Å². The van der Waals surface area contributed by atoms with Crippen molar-refractivity contribution in [3.05, 3.63) is 47.8 Å². The maximum Gasteiger partial charge on any atom is 0.416 e. The molecule has 0 amide bonds. The van der Waals surface area contributed by atoms with Crippen LogP contribution < -0.4 is 5.73 Å². The molecule has 2 atom stereocenters. The zero-order valence-corrected chi connectivity index (χ0v) is 16.0. The second-order valence-electron chi connectivity index (χ2n) is 7.68. The first-order valence-corrected chi connectivity index (χ1v) is 10.4. The second-order valence-corrected chi connectivity index (χ2v) is 8.76. The molecule has 2 unspecified atom stereocenters. The van der Waals surface area contributed by atoms with E-state index in [4.69, 9.17) is 10.7 Å². The molecule has 0 bridgehead atoms. The molecule has 1 aromatic heterocycles. The van der Waals surface area contributed by atoms with E-state index in [1.807, 2.05) is 24.3 Å². The molecule has 1 aliphatic heterocycles. The van der Waals surface area contributed by atoms with E-state index in [2.05, 4.69) is 4.57 Å². The minimum atomic E-state index is -4.39. The molecular weight excluding hydrogens is 383 g/mol. The molecule has 0 saturated heterocycles. The summed E-state index contributed by atoms with van der Waals surface area (Å²) in [6.07, 6.45) is -0.259. The fourth-order valence-electron chi connectivity index (χ4n) is 4.54. The Morgan fingerprint density at radius 1 is 1.14 bits per heavy atom. The van der Waals surface area contributed by atoms with Gasteiger partial charge in [-0.15, -0.1) is 0 Å². The molecule has 0 radical (unpaired) electrons. The van der Waals surface area contributed by atoms with Crippen molar-refractivity contribution < 1.29 is 13.2 Å². The standard InChI is InChI=1S/C21H20F3N3S/c22-21(23,24)14-9-15-19-18(10-14)28-17-7-2-1-6-16(17)27(19)20(26-15)13-5-3-4-12(8-13)11-25/h1-2,6-7,9-10,12-13H,3-5,8,11,25H2. The highest BCUT2D eigenvalue weighted by Crippen LogP contribution is 2.48. The van der Waals surface area contributed by atoms with Gasteiger partial charge in [-0.25, -0.2) is 4.98 Å². The van der Waals surface area contributed by atoms with Crippen molar-refractivity contribution in [2.75, 3.05) is 6.54 Å². The van der Waals surface area contributed by atoms with Gasteiger partial charge < -0.3 is 5.73 Å². The minimum absolute atomic E-state index is 0.216. The van der Waals surface area contributed by atoms with Crippen molar-refractivity contribution in [3.8, 4) is 5.69 Å². The number of halogens is 3. The molecule has 5 rings (SSSR count). The van der Waals surface area contributed by atoms with Crippen molar-refractivity contribution in [2.45, 2.75) is 47.6 Å². The van der Waals surface area contributed by atoms with Crippen molar-refractivity contribution >= 4 is 22.8 Å². The third-order valence-corrected chi connectivity index (χ3v) is 6.97. The van der Waals surface area contributed by atoms with Crippen LogP contribution >= 0.6 is 11.8 Å². The van der Waals surface area contributed by atoms with E-state index < -0.39 is 11.7 Å². The van der Waals surface area contributed by atoms with Crippen LogP contribution in [0.25, 0.3) is 16.7 Å². The zero-order chi connectivity index (χ0) is 19.5. The summed E-state index contributed by atoms with van der Waals surface area (Å²) >= 11 is 1.39. The molecule has 2 heterocycles. The zero-order valence-electron chi connectivity index (χ0n) is 15.2. The first-order chi connectivity index (χ1) is 13.5. The number of nitrogens with zero attached hydrogens (tertiary/aromatic N) is 2. The Kier molecular flexibility index (Phi) is 4.21. The summed E-state index contributed by atoms with van der Waals surface area (Å²) in [6.45, 7) is 0.645. The molecule has 1 saturated carbocycles. The lowest BCUT2D eigenvalue weighted by atomic mass is 9.81. The highest BCUT2D eigenvalue weighted by Gasteiger charge is 2.35. The number of hydrogen-bond donors (Lipinski definition) is 1. The molecule has 2 N–H and O–H groups in total. The van der Waals surface area contributed by atoms with Crippen molar-refractivity contribution in [1.82, 2.24) is 9.55 Å². The molecule has 1 aliphatic carbocycles. The van der Waals surface area contributed by atoms with E-state index in [9.17, 15) is 13.2 Å². The summed E-state index contributed by atoms with van der Waals surface area (Å²) in [4.78, 5) is 6.34. The Morgan fingerprint density at radius 2 is 1.96 bits per heavy atom. The number of benzene rings is 2. The van der Waals surface area contributed by atoms with Crippen LogP contribution in [0.15, 0.2) is 46.2 Å². The quantitative estimate of drug-likeness (QED) is 0.464. The maximum absolute atomic E-state index is 13.4. The van der Waals surface area contributed by atoms with Gasteiger partial charge in [0.25, 0.3) is 0 Å². The number of imidazole rings is 1. The van der Waals surface area contributed by atoms with Crippen molar-refractivity contribution in [2.24, 2.45) is 11.7 Å². The summed E-state index contributed by atoms with van der Waals surface area (Å²) in [5.41, 5.74) is 7.50. The number of para-hydroxylation sites is 1. The van der Waals surface area contributed by atoms with Gasteiger partial charge in [-0.2, -0.15) is 13.2 Å². The lowest BCUT2D eigenvalue weighted by Crippen LogP contribution is -2.23. The largest absolute Gasteiger partial charge is 0.416 e. The van der Waals surface area contributed by atoms with Gasteiger partial charge in [-0.05, 0) is 56.0 Å². The lowest BCUT2D eigenvalue weighted by Gasteiger charge is -2.29. The van der Waals surface area contributed by atoms with Crippen LogP contribution in [-0.4, -0.2) is 16.1 Å². The third-order valence-electron chi connectivity index (χ3n) is 5.88. The Labute approximate surface area is 165 Å². The molecular formula is C21H20F3N3S. The SMILES string of the molecule is NCC1CCCC(c2nc3cc(C(F)(F)F)cc4c3n2-c2ccccc2S4)C1. The van der Waals surface area contributed by atoms with Crippen molar-refractivity contribution in [3.63, 3.8) is 0 Å². The van der Waals surface area contributed by atoms with Crippen LogP contribution in [0.3, 0.4) is 0 Å². The Balaban J connectivity index is 1.75. The van der Waals surface area contributed by atoms with Crippen LogP contribution in [-0.2, 0) is 6.18 Å². The van der Waals surface area contributed by atoms with E-state index in [1.54, 1.807) is 0 Å². The number of rotatable bonds is 2. The monoisotopic (exact) mass is 403 g/mol. The van der Waals surface area contributed by atoms with Gasteiger partial charge in [0.2, 0.25) is 0 Å². The van der Waals surface area contributed by atoms with Gasteiger partial charge in [-0.3, -0.25) is 4.57 Å². The number of alkyl halides is 3. The second kappa shape index (κ2) is 6.52. The van der Waals surface area contributed by atoms with Crippen LogP contribution in [0.1, 0.15) is 43.0 Å². The molecule has 0 spiro atoms. The van der Waals surface area contributed by atoms with E-state index in [0.29, 0.717) is 22.9 Å². The third kappa shape index (κ3) is 2.83. The van der Waals surface area contributed by atoms with Gasteiger partial charge in [0, 0.05) is 15.7 Å². The molecule has 2 aliphatic rings. The molecule has 146 valence electrons. The maximum atomic E-state index is 13.4. The molecule has 7 heteroatoms. The smallest absolute Gasteiger partial charge is 0.330 e. The van der Waals surface area contributed by atoms with Gasteiger partial charge in [-0.1, -0.05) is 30.3 Å². The molecule has 28 heavy (non-hydrogen) atoms. The highest BCUT2D eigenvalue weighted by atomic mass is 32.2. The molecule has 3 aromatic rings. The molecule has 2 aromatic carbocycles. The number of aromatic nitrogens is 2. The number of nitrogens with two attached hydrogens (primary N) is 1. The van der Waals surface area contributed by atoms with Crippen LogP contribution in [0, 0.1) is 5.92 Å². The topological polar surface area (TPSA) is 43.8 Å². The summed E-state index contributed by atoms with van der Waals surface area (Å²) in [5.74, 6) is 1.54. The average Bonchev–Trinajstić information content (AvgIpc) is 3.08. The van der Waals surface area contributed by atoms with Crippen LogP contribution in [0.4, 0.5) is 13.2 Å². The Hall–Kier alpha value is -1.99. The fraction of sp³-hybridized carbons (Fsp3) is 0.381. The summed E-state index contributed by atoms with van der Waals surface area (Å²) < 4.78 is 42.4. The Morgan fingerprint density at radius 3 is 2.75 bits per heavy atom. The van der Waals surface area contributed by atoms with E-state index in [0.717, 1.165) is 47.6 Å². The van der Waals surface area contributed by atoms with E-state index in [-0.39, 0.29) is 5.92 Å². The first kappa shape index (κ1) is 18.1. The average molecular weight is 403 g/mol. The van der Waals surface area contributed by atoms with E-state index >= 15 is 0 Å². The predicted molar refractivity (Wildman–Crippen MR) is 104 cm³/mol. The summed E-state index contributed by atoms with van der Waals surface area (Å²) in [6, 6.07) is 10.3. The molecule has 3 nitrogen and oxygen atoms in total. The van der Waals surface area contributed by atoms with Gasteiger partial charge in [0.15, 0.2) is 0 Å². The highest BCUT2D eigenvalue weighted by molar-refractivity contribution is 7.99. The lowest BCUT2D eigenvalue weighted by molar-refractivity contribution is -0.137.